The van der Waals surface area contributed by atoms with Crippen LogP contribution in [0.15, 0.2) is 12.2 Å². The lowest BCUT2D eigenvalue weighted by Gasteiger charge is -2.21. The number of hydrogen-bond acceptors (Lipinski definition) is 0. The molecule has 0 heterocycles. The molecular formula is C12H26. The summed E-state index contributed by atoms with van der Waals surface area (Å²) >= 11 is 0. The molecular weight excluding hydrogens is 144 g/mol. The van der Waals surface area contributed by atoms with Crippen LogP contribution >= 0.6 is 0 Å². The highest BCUT2D eigenvalue weighted by molar-refractivity contribution is 4.79. The monoisotopic (exact) mass is 170 g/mol. The Morgan fingerprint density at radius 2 is 1.67 bits per heavy atom. The second-order valence-electron chi connectivity index (χ2n) is 3.63. The Balaban J connectivity index is 0. The smallest absolute Gasteiger partial charge is 0.0346 e. The van der Waals surface area contributed by atoms with E-state index in [1.165, 1.54) is 19.3 Å². The second kappa shape index (κ2) is 8.83. The van der Waals surface area contributed by atoms with Crippen molar-refractivity contribution in [3.05, 3.63) is 12.2 Å². The van der Waals surface area contributed by atoms with Gasteiger partial charge in [0.15, 0.2) is 0 Å². The molecule has 0 bridgehead atoms. The van der Waals surface area contributed by atoms with E-state index in [0.717, 1.165) is 0 Å². The third-order valence-electron chi connectivity index (χ3n) is 2.18. The SMILES string of the molecule is C/C=C\CCC(C)(C)CC.CC. The van der Waals surface area contributed by atoms with E-state index >= 15 is 0 Å². The predicted octanol–water partition coefficient (Wildman–Crippen LogP) is 4.81. The first-order valence-electron chi connectivity index (χ1n) is 5.23. The van der Waals surface area contributed by atoms with Gasteiger partial charge in [-0.3, -0.25) is 0 Å². The highest BCUT2D eigenvalue weighted by Gasteiger charge is 2.12. The molecule has 0 saturated heterocycles. The molecule has 0 N–H and O–H groups in total. The molecule has 0 aliphatic heterocycles. The summed E-state index contributed by atoms with van der Waals surface area (Å²) in [5.74, 6) is 0. The predicted molar refractivity (Wildman–Crippen MR) is 59.5 cm³/mol. The average molecular weight is 170 g/mol. The molecule has 0 heteroatoms. The van der Waals surface area contributed by atoms with Gasteiger partial charge in [0, 0.05) is 0 Å². The molecule has 12 heavy (non-hydrogen) atoms. The van der Waals surface area contributed by atoms with E-state index in [1.54, 1.807) is 0 Å². The maximum absolute atomic E-state index is 2.33. The van der Waals surface area contributed by atoms with Crippen molar-refractivity contribution in [3.8, 4) is 0 Å². The molecule has 0 aromatic heterocycles. The van der Waals surface area contributed by atoms with Crippen molar-refractivity contribution in [3.63, 3.8) is 0 Å². The van der Waals surface area contributed by atoms with Gasteiger partial charge >= 0.3 is 0 Å². The van der Waals surface area contributed by atoms with E-state index in [-0.39, 0.29) is 0 Å². The minimum atomic E-state index is 0.541. The molecule has 0 nitrogen and oxygen atoms in total. The zero-order valence-corrected chi connectivity index (χ0v) is 9.78. The summed E-state index contributed by atoms with van der Waals surface area (Å²) in [6, 6.07) is 0. The Hall–Kier alpha value is -0.260. The van der Waals surface area contributed by atoms with Gasteiger partial charge in [-0.15, -0.1) is 0 Å². The fourth-order valence-electron chi connectivity index (χ4n) is 0.818. The quantitative estimate of drug-likeness (QED) is 0.531. The van der Waals surface area contributed by atoms with Gasteiger partial charge in [-0.25, -0.2) is 0 Å². The van der Waals surface area contributed by atoms with Gasteiger partial charge in [0.25, 0.3) is 0 Å². The fraction of sp³-hybridized carbons (Fsp3) is 0.833. The van der Waals surface area contributed by atoms with Crippen molar-refractivity contribution < 1.29 is 0 Å². The fourth-order valence-corrected chi connectivity index (χ4v) is 0.818. The van der Waals surface area contributed by atoms with Crippen LogP contribution in [0.3, 0.4) is 0 Å². The van der Waals surface area contributed by atoms with Crippen molar-refractivity contribution in [1.29, 1.82) is 0 Å². The molecule has 0 fully saturated rings. The van der Waals surface area contributed by atoms with Gasteiger partial charge in [0.2, 0.25) is 0 Å². The third kappa shape index (κ3) is 9.74. The Bertz CT molecular complexity index is 98.6. The average Bonchev–Trinajstić information content (AvgIpc) is 2.09. The summed E-state index contributed by atoms with van der Waals surface area (Å²) in [5.41, 5.74) is 0.541. The van der Waals surface area contributed by atoms with E-state index in [9.17, 15) is 0 Å². The summed E-state index contributed by atoms with van der Waals surface area (Å²) in [6.07, 6.45) is 8.21. The lowest BCUT2D eigenvalue weighted by Crippen LogP contribution is -2.08. The van der Waals surface area contributed by atoms with Gasteiger partial charge in [0.1, 0.15) is 0 Å². The number of rotatable bonds is 4. The van der Waals surface area contributed by atoms with Crippen LogP contribution in [0.5, 0.6) is 0 Å². The summed E-state index contributed by atoms with van der Waals surface area (Å²) in [6.45, 7) is 13.0. The first-order valence-corrected chi connectivity index (χ1v) is 5.23. The Morgan fingerprint density at radius 1 is 1.17 bits per heavy atom. The number of hydrogen-bond donors (Lipinski definition) is 0. The molecule has 0 aromatic rings. The Kier molecular flexibility index (Phi) is 10.5. The molecule has 0 atom stereocenters. The minimum Gasteiger partial charge on any atom is -0.0917 e. The Labute approximate surface area is 79.1 Å². The van der Waals surface area contributed by atoms with Gasteiger partial charge in [-0.05, 0) is 25.2 Å². The van der Waals surface area contributed by atoms with Crippen molar-refractivity contribution in [1.82, 2.24) is 0 Å². The van der Waals surface area contributed by atoms with E-state index in [4.69, 9.17) is 0 Å². The summed E-state index contributed by atoms with van der Waals surface area (Å²) < 4.78 is 0. The van der Waals surface area contributed by atoms with Crippen LogP contribution in [0, 0.1) is 5.41 Å². The summed E-state index contributed by atoms with van der Waals surface area (Å²) in [7, 11) is 0. The maximum atomic E-state index is 2.33. The molecule has 0 rings (SSSR count). The van der Waals surface area contributed by atoms with Crippen LogP contribution < -0.4 is 0 Å². The molecule has 0 unspecified atom stereocenters. The van der Waals surface area contributed by atoms with Crippen LogP contribution in [0.25, 0.3) is 0 Å². The first-order chi connectivity index (χ1) is 5.62. The number of allylic oxidation sites excluding steroid dienone is 2. The van der Waals surface area contributed by atoms with Crippen LogP contribution in [0.2, 0.25) is 0 Å². The summed E-state index contributed by atoms with van der Waals surface area (Å²) in [5, 5.41) is 0. The van der Waals surface area contributed by atoms with Crippen LogP contribution in [0.1, 0.15) is 60.8 Å². The van der Waals surface area contributed by atoms with Crippen molar-refractivity contribution in [2.24, 2.45) is 5.41 Å². The standard InChI is InChI=1S/C10H20.C2H6/c1-5-7-8-9-10(3,4)6-2;1-2/h5,7H,6,8-9H2,1-4H3;1-2H3/b7-5-;. The highest BCUT2D eigenvalue weighted by Crippen LogP contribution is 2.25. The third-order valence-corrected chi connectivity index (χ3v) is 2.18. The van der Waals surface area contributed by atoms with E-state index in [2.05, 4.69) is 39.8 Å². The molecule has 0 aromatic carbocycles. The zero-order chi connectivity index (χ0) is 10.0. The molecule has 0 aliphatic carbocycles. The molecule has 0 spiro atoms. The molecule has 0 aliphatic rings. The van der Waals surface area contributed by atoms with E-state index < -0.39 is 0 Å². The molecule has 0 saturated carbocycles. The molecule has 0 radical (unpaired) electrons. The second-order valence-corrected chi connectivity index (χ2v) is 3.63. The van der Waals surface area contributed by atoms with E-state index in [1.807, 2.05) is 13.8 Å². The van der Waals surface area contributed by atoms with Gasteiger partial charge < -0.3 is 0 Å². The van der Waals surface area contributed by atoms with Crippen LogP contribution in [0.4, 0.5) is 0 Å². The van der Waals surface area contributed by atoms with Crippen molar-refractivity contribution in [2.45, 2.75) is 60.8 Å². The topological polar surface area (TPSA) is 0 Å². The first kappa shape index (κ1) is 14.3. The zero-order valence-electron chi connectivity index (χ0n) is 9.78. The minimum absolute atomic E-state index is 0.541. The Morgan fingerprint density at radius 3 is 2.00 bits per heavy atom. The molecule has 74 valence electrons. The lowest BCUT2D eigenvalue weighted by atomic mass is 9.85. The van der Waals surface area contributed by atoms with Crippen LogP contribution in [-0.4, -0.2) is 0 Å². The van der Waals surface area contributed by atoms with Crippen molar-refractivity contribution >= 4 is 0 Å². The van der Waals surface area contributed by atoms with E-state index in [0.29, 0.717) is 5.41 Å². The lowest BCUT2D eigenvalue weighted by molar-refractivity contribution is 0.325. The van der Waals surface area contributed by atoms with Gasteiger partial charge in [-0.1, -0.05) is 53.2 Å². The summed E-state index contributed by atoms with van der Waals surface area (Å²) in [4.78, 5) is 0. The largest absolute Gasteiger partial charge is 0.0917 e. The molecule has 0 amide bonds. The van der Waals surface area contributed by atoms with Crippen molar-refractivity contribution in [2.75, 3.05) is 0 Å². The normalized spacial score (nSPS) is 11.2. The van der Waals surface area contributed by atoms with Crippen LogP contribution in [-0.2, 0) is 0 Å². The highest BCUT2D eigenvalue weighted by atomic mass is 14.2. The van der Waals surface area contributed by atoms with Gasteiger partial charge in [-0.2, -0.15) is 0 Å². The maximum Gasteiger partial charge on any atom is -0.0346 e. The van der Waals surface area contributed by atoms with Gasteiger partial charge in [0.05, 0.1) is 0 Å².